The second-order valence-electron chi connectivity index (χ2n) is 6.38. The summed E-state index contributed by atoms with van der Waals surface area (Å²) in [5.74, 6) is 0. The van der Waals surface area contributed by atoms with E-state index in [1.165, 1.54) is 5.56 Å². The third kappa shape index (κ3) is 2.86. The number of epoxide rings is 1. The van der Waals surface area contributed by atoms with E-state index < -0.39 is 0 Å². The van der Waals surface area contributed by atoms with Crippen LogP contribution in [0.15, 0.2) is 35.5 Å². The van der Waals surface area contributed by atoms with Crippen molar-refractivity contribution < 1.29 is 14.3 Å². The molecule has 0 aromatic heterocycles. The van der Waals surface area contributed by atoms with Gasteiger partial charge >= 0.3 is 0 Å². The summed E-state index contributed by atoms with van der Waals surface area (Å²) in [4.78, 5) is 5.57. The third-order valence-electron chi connectivity index (χ3n) is 3.76. The molecule has 1 aromatic carbocycles. The van der Waals surface area contributed by atoms with Crippen LogP contribution in [0, 0.1) is 0 Å². The Morgan fingerprint density at radius 2 is 1.95 bits per heavy atom. The first-order valence-electron chi connectivity index (χ1n) is 7.03. The van der Waals surface area contributed by atoms with Gasteiger partial charge in [-0.1, -0.05) is 35.5 Å². The number of benzene rings is 1. The fourth-order valence-electron chi connectivity index (χ4n) is 2.53. The lowest BCUT2D eigenvalue weighted by Crippen LogP contribution is -2.32. The highest BCUT2D eigenvalue weighted by Crippen LogP contribution is 2.40. The van der Waals surface area contributed by atoms with Crippen molar-refractivity contribution in [2.45, 2.75) is 51.1 Å². The van der Waals surface area contributed by atoms with Gasteiger partial charge in [0, 0.05) is 6.42 Å². The molecule has 1 fully saturated rings. The molecule has 1 saturated heterocycles. The highest BCUT2D eigenvalue weighted by atomic mass is 16.7. The molecular formula is C16H21NO3. The summed E-state index contributed by atoms with van der Waals surface area (Å²) in [5, 5.41) is 4.18. The molecule has 3 rings (SSSR count). The molecular weight excluding hydrogens is 254 g/mol. The molecule has 4 nitrogen and oxygen atoms in total. The second-order valence-corrected chi connectivity index (χ2v) is 6.38. The standard InChI is InChI=1S/C16H21NO3/c1-15(2)14(19-15)13-9-16(3,20-17-13)11-18-10-12-7-5-4-6-8-12/h4-8,14H,9-11H2,1-3H3. The average molecular weight is 275 g/mol. The van der Waals surface area contributed by atoms with Crippen LogP contribution in [0.3, 0.4) is 0 Å². The molecule has 2 atom stereocenters. The Labute approximate surface area is 119 Å². The van der Waals surface area contributed by atoms with Crippen molar-refractivity contribution in [2.75, 3.05) is 6.61 Å². The van der Waals surface area contributed by atoms with E-state index in [-0.39, 0.29) is 17.3 Å². The third-order valence-corrected chi connectivity index (χ3v) is 3.76. The predicted molar refractivity (Wildman–Crippen MR) is 76.6 cm³/mol. The highest BCUT2D eigenvalue weighted by Gasteiger charge is 2.54. The first-order chi connectivity index (χ1) is 9.49. The first kappa shape index (κ1) is 13.6. The van der Waals surface area contributed by atoms with Crippen molar-refractivity contribution in [3.05, 3.63) is 35.9 Å². The van der Waals surface area contributed by atoms with Gasteiger partial charge < -0.3 is 14.3 Å². The molecule has 1 aromatic rings. The van der Waals surface area contributed by atoms with Crippen LogP contribution in [-0.4, -0.2) is 29.6 Å². The SMILES string of the molecule is CC1(COCc2ccccc2)CC(C2OC2(C)C)=NO1. The summed E-state index contributed by atoms with van der Waals surface area (Å²) >= 11 is 0. The van der Waals surface area contributed by atoms with Crippen molar-refractivity contribution in [1.29, 1.82) is 0 Å². The minimum Gasteiger partial charge on any atom is -0.387 e. The van der Waals surface area contributed by atoms with Crippen molar-refractivity contribution >= 4 is 5.71 Å². The number of hydrogen-bond acceptors (Lipinski definition) is 4. The monoisotopic (exact) mass is 275 g/mol. The quantitative estimate of drug-likeness (QED) is 0.776. The Kier molecular flexibility index (Phi) is 3.30. The average Bonchev–Trinajstić information content (AvgIpc) is 2.88. The zero-order chi connectivity index (χ0) is 14.2. The maximum atomic E-state index is 5.77. The predicted octanol–water partition coefficient (Wildman–Crippen LogP) is 2.92. The molecule has 2 aliphatic rings. The van der Waals surface area contributed by atoms with Gasteiger partial charge in [0.05, 0.1) is 24.5 Å². The summed E-state index contributed by atoms with van der Waals surface area (Å²) in [6.07, 6.45) is 0.883. The Morgan fingerprint density at radius 3 is 2.60 bits per heavy atom. The van der Waals surface area contributed by atoms with Crippen molar-refractivity contribution in [3.8, 4) is 0 Å². The summed E-state index contributed by atoms with van der Waals surface area (Å²) in [5.41, 5.74) is 1.72. The van der Waals surface area contributed by atoms with E-state index in [1.54, 1.807) is 0 Å². The number of nitrogens with zero attached hydrogens (tertiary/aromatic N) is 1. The first-order valence-corrected chi connectivity index (χ1v) is 7.03. The molecule has 20 heavy (non-hydrogen) atoms. The lowest BCUT2D eigenvalue weighted by atomic mass is 9.96. The second kappa shape index (κ2) is 4.86. The van der Waals surface area contributed by atoms with Crippen LogP contribution in [0.4, 0.5) is 0 Å². The smallest absolute Gasteiger partial charge is 0.163 e. The van der Waals surface area contributed by atoms with Gasteiger partial charge in [-0.25, -0.2) is 0 Å². The van der Waals surface area contributed by atoms with E-state index in [9.17, 15) is 0 Å². The van der Waals surface area contributed by atoms with Crippen LogP contribution in [0.2, 0.25) is 0 Å². The number of ether oxygens (including phenoxy) is 2. The maximum absolute atomic E-state index is 5.77. The van der Waals surface area contributed by atoms with Gasteiger partial charge in [0.15, 0.2) is 5.60 Å². The lowest BCUT2D eigenvalue weighted by Gasteiger charge is -2.21. The van der Waals surface area contributed by atoms with Gasteiger partial charge in [0.2, 0.25) is 0 Å². The van der Waals surface area contributed by atoms with Gasteiger partial charge in [0.25, 0.3) is 0 Å². The lowest BCUT2D eigenvalue weighted by molar-refractivity contribution is -0.0709. The molecule has 0 spiro atoms. The van der Waals surface area contributed by atoms with Gasteiger partial charge in [-0.05, 0) is 26.3 Å². The van der Waals surface area contributed by atoms with Crippen LogP contribution in [0.5, 0.6) is 0 Å². The molecule has 4 heteroatoms. The van der Waals surface area contributed by atoms with E-state index >= 15 is 0 Å². The van der Waals surface area contributed by atoms with E-state index in [1.807, 2.05) is 25.1 Å². The Hall–Kier alpha value is -1.39. The van der Waals surface area contributed by atoms with E-state index in [0.717, 1.165) is 12.1 Å². The fourth-order valence-corrected chi connectivity index (χ4v) is 2.53. The Morgan fingerprint density at radius 1 is 1.25 bits per heavy atom. The number of hydrogen-bond donors (Lipinski definition) is 0. The van der Waals surface area contributed by atoms with Gasteiger partial charge in [0.1, 0.15) is 6.10 Å². The minimum atomic E-state index is -0.369. The van der Waals surface area contributed by atoms with Crippen LogP contribution < -0.4 is 0 Å². The Balaban J connectivity index is 1.47. The molecule has 0 aliphatic carbocycles. The molecule has 0 radical (unpaired) electrons. The van der Waals surface area contributed by atoms with E-state index in [0.29, 0.717) is 13.2 Å². The fraction of sp³-hybridized carbons (Fsp3) is 0.562. The topological polar surface area (TPSA) is 43.3 Å². The van der Waals surface area contributed by atoms with Crippen LogP contribution in [-0.2, 0) is 20.9 Å². The zero-order valence-corrected chi connectivity index (χ0v) is 12.3. The van der Waals surface area contributed by atoms with Gasteiger partial charge in [-0.15, -0.1) is 0 Å². The van der Waals surface area contributed by atoms with Gasteiger partial charge in [-0.3, -0.25) is 0 Å². The zero-order valence-electron chi connectivity index (χ0n) is 12.3. The molecule has 2 heterocycles. The van der Waals surface area contributed by atoms with Crippen molar-refractivity contribution in [1.82, 2.24) is 0 Å². The molecule has 0 N–H and O–H groups in total. The van der Waals surface area contributed by atoms with Crippen molar-refractivity contribution in [3.63, 3.8) is 0 Å². The van der Waals surface area contributed by atoms with Gasteiger partial charge in [-0.2, -0.15) is 0 Å². The molecule has 0 bridgehead atoms. The number of oxime groups is 1. The molecule has 0 saturated carbocycles. The largest absolute Gasteiger partial charge is 0.387 e. The summed E-state index contributed by atoms with van der Waals surface area (Å²) in [6.45, 7) is 7.30. The number of rotatable bonds is 5. The highest BCUT2D eigenvalue weighted by molar-refractivity contribution is 5.93. The Bertz CT molecular complexity index is 512. The summed E-state index contributed by atoms with van der Waals surface area (Å²) in [7, 11) is 0. The van der Waals surface area contributed by atoms with Crippen molar-refractivity contribution in [2.24, 2.45) is 5.16 Å². The summed E-state index contributed by atoms with van der Waals surface area (Å²) < 4.78 is 11.4. The van der Waals surface area contributed by atoms with Crippen LogP contribution >= 0.6 is 0 Å². The molecule has 108 valence electrons. The molecule has 2 unspecified atom stereocenters. The van der Waals surface area contributed by atoms with Crippen LogP contribution in [0.1, 0.15) is 32.8 Å². The van der Waals surface area contributed by atoms with E-state index in [4.69, 9.17) is 14.3 Å². The van der Waals surface area contributed by atoms with Crippen LogP contribution in [0.25, 0.3) is 0 Å². The minimum absolute atomic E-state index is 0.0850. The van der Waals surface area contributed by atoms with E-state index in [2.05, 4.69) is 31.1 Å². The normalized spacial score (nSPS) is 30.8. The molecule has 0 amide bonds. The maximum Gasteiger partial charge on any atom is 0.163 e. The summed E-state index contributed by atoms with van der Waals surface area (Å²) in [6, 6.07) is 10.1. The molecule has 2 aliphatic heterocycles.